The summed E-state index contributed by atoms with van der Waals surface area (Å²) in [5.74, 6) is 0.613. The number of hydrogen-bond donors (Lipinski definition) is 2. The van der Waals surface area contributed by atoms with Crippen molar-refractivity contribution in [3.05, 3.63) is 35.4 Å². The maximum atomic E-state index is 12.3. The third-order valence-corrected chi connectivity index (χ3v) is 3.89. The van der Waals surface area contributed by atoms with Gasteiger partial charge < -0.3 is 15.8 Å². The van der Waals surface area contributed by atoms with Crippen LogP contribution in [0.4, 0.5) is 0 Å². The Morgan fingerprint density at radius 1 is 1.38 bits per heavy atom. The quantitative estimate of drug-likeness (QED) is 0.875. The zero-order chi connectivity index (χ0) is 15.2. The first-order chi connectivity index (χ1) is 10.1. The summed E-state index contributed by atoms with van der Waals surface area (Å²) in [4.78, 5) is 12.3. The van der Waals surface area contributed by atoms with Crippen LogP contribution in [-0.4, -0.2) is 24.7 Å². The molecule has 0 radical (unpaired) electrons. The molecule has 4 heteroatoms. The Bertz CT molecular complexity index is 456. The minimum atomic E-state index is -0.00577. The van der Waals surface area contributed by atoms with Crippen molar-refractivity contribution in [1.29, 1.82) is 0 Å². The van der Waals surface area contributed by atoms with Crippen LogP contribution in [0.3, 0.4) is 0 Å². The second-order valence-electron chi connectivity index (χ2n) is 6.22. The van der Waals surface area contributed by atoms with E-state index in [1.54, 1.807) is 0 Å². The van der Waals surface area contributed by atoms with E-state index >= 15 is 0 Å². The first kappa shape index (κ1) is 16.0. The molecular weight excluding hydrogens is 264 g/mol. The van der Waals surface area contributed by atoms with Crippen molar-refractivity contribution in [2.24, 2.45) is 11.7 Å². The summed E-state index contributed by atoms with van der Waals surface area (Å²) in [7, 11) is 0. The first-order valence-electron chi connectivity index (χ1n) is 7.80. The fourth-order valence-electron chi connectivity index (χ4n) is 2.76. The van der Waals surface area contributed by atoms with E-state index in [2.05, 4.69) is 19.2 Å². The molecule has 0 bridgehead atoms. The van der Waals surface area contributed by atoms with Crippen molar-refractivity contribution < 1.29 is 9.53 Å². The average Bonchev–Trinajstić information content (AvgIpc) is 2.47. The lowest BCUT2D eigenvalue weighted by atomic mass is 9.96. The lowest BCUT2D eigenvalue weighted by Gasteiger charge is -2.31. The van der Waals surface area contributed by atoms with E-state index < -0.39 is 0 Å². The number of rotatable bonds is 5. The van der Waals surface area contributed by atoms with E-state index in [-0.39, 0.29) is 18.1 Å². The number of carbonyl (C=O) groups is 1. The summed E-state index contributed by atoms with van der Waals surface area (Å²) in [6.07, 6.45) is 3.12. The molecule has 1 heterocycles. The van der Waals surface area contributed by atoms with Crippen LogP contribution in [0.1, 0.15) is 49.0 Å². The molecule has 0 saturated carbocycles. The van der Waals surface area contributed by atoms with E-state index in [0.717, 1.165) is 31.4 Å². The van der Waals surface area contributed by atoms with E-state index in [0.29, 0.717) is 18.0 Å². The topological polar surface area (TPSA) is 64.4 Å². The summed E-state index contributed by atoms with van der Waals surface area (Å²) in [5.41, 5.74) is 7.30. The van der Waals surface area contributed by atoms with Gasteiger partial charge in [0.1, 0.15) is 0 Å². The Kier molecular flexibility index (Phi) is 5.76. The molecule has 1 aliphatic rings. The van der Waals surface area contributed by atoms with E-state index in [4.69, 9.17) is 10.5 Å². The third kappa shape index (κ3) is 4.83. The highest BCUT2D eigenvalue weighted by atomic mass is 16.5. The number of benzene rings is 1. The molecule has 1 aliphatic heterocycles. The molecular formula is C17H26N2O2. The van der Waals surface area contributed by atoms with Gasteiger partial charge in [0.05, 0.1) is 6.10 Å². The molecule has 0 aliphatic carbocycles. The van der Waals surface area contributed by atoms with Crippen LogP contribution in [0.15, 0.2) is 24.3 Å². The maximum Gasteiger partial charge on any atom is 0.251 e. The molecule has 3 N–H and O–H groups in total. The molecule has 116 valence electrons. The molecule has 0 spiro atoms. The predicted octanol–water partition coefficient (Wildman–Crippen LogP) is 2.47. The van der Waals surface area contributed by atoms with Crippen molar-refractivity contribution in [3.63, 3.8) is 0 Å². The second kappa shape index (κ2) is 7.57. The van der Waals surface area contributed by atoms with Crippen molar-refractivity contribution in [1.82, 2.24) is 5.32 Å². The minimum absolute atomic E-state index is 0.00577. The van der Waals surface area contributed by atoms with Gasteiger partial charge in [-0.15, -0.1) is 0 Å². The zero-order valence-electron chi connectivity index (χ0n) is 13.0. The highest BCUT2D eigenvalue weighted by Gasteiger charge is 2.24. The Hall–Kier alpha value is -1.39. The first-order valence-corrected chi connectivity index (χ1v) is 7.80. The van der Waals surface area contributed by atoms with Gasteiger partial charge in [-0.3, -0.25) is 4.79 Å². The highest BCUT2D eigenvalue weighted by Crippen LogP contribution is 2.20. The lowest BCUT2D eigenvalue weighted by Crippen LogP contribution is -2.42. The lowest BCUT2D eigenvalue weighted by molar-refractivity contribution is -0.00846. The van der Waals surface area contributed by atoms with Gasteiger partial charge in [0.25, 0.3) is 5.91 Å². The largest absolute Gasteiger partial charge is 0.378 e. The molecule has 1 aromatic carbocycles. The summed E-state index contributed by atoms with van der Waals surface area (Å²) in [6, 6.07) is 7.69. The number of ether oxygens (including phenoxy) is 1. The fraction of sp³-hybridized carbons (Fsp3) is 0.588. The molecule has 21 heavy (non-hydrogen) atoms. The van der Waals surface area contributed by atoms with Crippen LogP contribution in [-0.2, 0) is 11.3 Å². The molecule has 0 aromatic heterocycles. The SMILES string of the molecule is CC(C)CC1CC(NC(=O)c2ccc(CN)cc2)CCO1. The van der Waals surface area contributed by atoms with Crippen molar-refractivity contribution in [3.8, 4) is 0 Å². The molecule has 1 fully saturated rings. The van der Waals surface area contributed by atoms with Crippen molar-refractivity contribution in [2.45, 2.75) is 51.8 Å². The van der Waals surface area contributed by atoms with Gasteiger partial charge in [0.15, 0.2) is 0 Å². The molecule has 1 amide bonds. The zero-order valence-corrected chi connectivity index (χ0v) is 13.0. The van der Waals surface area contributed by atoms with Gasteiger partial charge in [0.2, 0.25) is 0 Å². The van der Waals surface area contributed by atoms with Crippen LogP contribution in [0.5, 0.6) is 0 Å². The van der Waals surface area contributed by atoms with Gasteiger partial charge in [-0.2, -0.15) is 0 Å². The molecule has 1 aromatic rings. The minimum Gasteiger partial charge on any atom is -0.378 e. The second-order valence-corrected chi connectivity index (χ2v) is 6.22. The van der Waals surface area contributed by atoms with Gasteiger partial charge in [0, 0.05) is 24.8 Å². The summed E-state index contributed by atoms with van der Waals surface area (Å²) in [5, 5.41) is 3.13. The number of carbonyl (C=O) groups excluding carboxylic acids is 1. The number of hydrogen-bond acceptors (Lipinski definition) is 3. The molecule has 2 unspecified atom stereocenters. The highest BCUT2D eigenvalue weighted by molar-refractivity contribution is 5.94. The van der Waals surface area contributed by atoms with Gasteiger partial charge in [-0.25, -0.2) is 0 Å². The predicted molar refractivity (Wildman–Crippen MR) is 84.0 cm³/mol. The average molecular weight is 290 g/mol. The van der Waals surface area contributed by atoms with Crippen LogP contribution in [0.2, 0.25) is 0 Å². The number of nitrogens with one attached hydrogen (secondary N) is 1. The molecule has 2 rings (SSSR count). The molecule has 1 saturated heterocycles. The Balaban J connectivity index is 1.89. The van der Waals surface area contributed by atoms with Crippen LogP contribution >= 0.6 is 0 Å². The van der Waals surface area contributed by atoms with E-state index in [1.165, 1.54) is 0 Å². The monoisotopic (exact) mass is 290 g/mol. The van der Waals surface area contributed by atoms with E-state index in [9.17, 15) is 4.79 Å². The van der Waals surface area contributed by atoms with Gasteiger partial charge in [-0.1, -0.05) is 26.0 Å². The van der Waals surface area contributed by atoms with Gasteiger partial charge in [-0.05, 0) is 42.9 Å². The normalized spacial score (nSPS) is 22.3. The van der Waals surface area contributed by atoms with Crippen molar-refractivity contribution >= 4 is 5.91 Å². The van der Waals surface area contributed by atoms with Gasteiger partial charge >= 0.3 is 0 Å². The Morgan fingerprint density at radius 3 is 2.71 bits per heavy atom. The third-order valence-electron chi connectivity index (χ3n) is 3.89. The smallest absolute Gasteiger partial charge is 0.251 e. The number of amides is 1. The summed E-state index contributed by atoms with van der Waals surface area (Å²) < 4.78 is 5.77. The van der Waals surface area contributed by atoms with Crippen LogP contribution in [0.25, 0.3) is 0 Å². The molecule has 2 atom stereocenters. The Morgan fingerprint density at radius 2 is 2.10 bits per heavy atom. The molecule has 4 nitrogen and oxygen atoms in total. The standard InChI is InChI=1S/C17H26N2O2/c1-12(2)9-16-10-15(7-8-21-16)19-17(20)14-5-3-13(11-18)4-6-14/h3-6,12,15-16H,7-11,18H2,1-2H3,(H,19,20). The maximum absolute atomic E-state index is 12.3. The van der Waals surface area contributed by atoms with Crippen LogP contribution in [0, 0.1) is 5.92 Å². The summed E-state index contributed by atoms with van der Waals surface area (Å²) in [6.45, 7) is 5.63. The van der Waals surface area contributed by atoms with E-state index in [1.807, 2.05) is 24.3 Å². The van der Waals surface area contributed by atoms with Crippen LogP contribution < -0.4 is 11.1 Å². The summed E-state index contributed by atoms with van der Waals surface area (Å²) >= 11 is 0. The fourth-order valence-corrected chi connectivity index (χ4v) is 2.76. The Labute approximate surface area is 127 Å². The van der Waals surface area contributed by atoms with Crippen molar-refractivity contribution in [2.75, 3.05) is 6.61 Å². The number of nitrogens with two attached hydrogens (primary N) is 1.